The van der Waals surface area contributed by atoms with Crippen molar-refractivity contribution in [2.45, 2.75) is 58.6 Å². The summed E-state index contributed by atoms with van der Waals surface area (Å²) in [5, 5.41) is 11.5. The van der Waals surface area contributed by atoms with Gasteiger partial charge in [-0.15, -0.1) is 6.58 Å². The van der Waals surface area contributed by atoms with Gasteiger partial charge in [-0.1, -0.05) is 13.0 Å². The number of carboxylic acids is 1. The summed E-state index contributed by atoms with van der Waals surface area (Å²) in [6, 6.07) is -0.965. The molecule has 0 aromatic heterocycles. The van der Waals surface area contributed by atoms with Crippen molar-refractivity contribution < 1.29 is 24.2 Å². The van der Waals surface area contributed by atoms with E-state index in [9.17, 15) is 14.4 Å². The summed E-state index contributed by atoms with van der Waals surface area (Å²) in [6.07, 6.45) is 2.28. The lowest BCUT2D eigenvalue weighted by atomic mass is 10.0. The largest absolute Gasteiger partial charge is 0.481 e. The molecule has 0 aliphatic carbocycles. The van der Waals surface area contributed by atoms with Gasteiger partial charge in [0.1, 0.15) is 11.6 Å². The van der Waals surface area contributed by atoms with Crippen LogP contribution in [0.15, 0.2) is 12.7 Å². The second kappa shape index (κ2) is 8.44. The van der Waals surface area contributed by atoms with Crippen molar-refractivity contribution in [3.63, 3.8) is 0 Å². The standard InChI is InChI=1S/C15H25NO5/c1-6-7-8-12(17)16-11(9-10(2)13(18)19)14(20)21-15(3,4)5/h6,10-11H,1,7-9H2,2-5H3,(H,16,17)(H,18,19). The fourth-order valence-electron chi connectivity index (χ4n) is 1.54. The molecular formula is C15H25NO5. The molecule has 6 nitrogen and oxygen atoms in total. The number of ether oxygens (including phenoxy) is 1. The minimum absolute atomic E-state index is 0.00985. The summed E-state index contributed by atoms with van der Waals surface area (Å²) in [6.45, 7) is 10.1. The van der Waals surface area contributed by atoms with Gasteiger partial charge in [-0.25, -0.2) is 4.79 Å². The highest BCUT2D eigenvalue weighted by atomic mass is 16.6. The van der Waals surface area contributed by atoms with Crippen molar-refractivity contribution >= 4 is 17.8 Å². The van der Waals surface area contributed by atoms with E-state index in [1.54, 1.807) is 26.8 Å². The molecule has 0 heterocycles. The Morgan fingerprint density at radius 2 is 1.90 bits per heavy atom. The maximum absolute atomic E-state index is 12.1. The molecular weight excluding hydrogens is 274 g/mol. The number of carboxylic acid groups (broad SMARTS) is 1. The van der Waals surface area contributed by atoms with Gasteiger partial charge in [0.05, 0.1) is 5.92 Å². The number of carbonyl (C=O) groups is 3. The monoisotopic (exact) mass is 299 g/mol. The highest BCUT2D eigenvalue weighted by Gasteiger charge is 2.29. The Balaban J connectivity index is 4.83. The Labute approximate surface area is 125 Å². The summed E-state index contributed by atoms with van der Waals surface area (Å²) < 4.78 is 5.22. The molecule has 0 aliphatic rings. The predicted octanol–water partition coefficient (Wildman–Crippen LogP) is 1.89. The Morgan fingerprint density at radius 1 is 1.33 bits per heavy atom. The summed E-state index contributed by atoms with van der Waals surface area (Å²) >= 11 is 0. The fourth-order valence-corrected chi connectivity index (χ4v) is 1.54. The third kappa shape index (κ3) is 8.83. The van der Waals surface area contributed by atoms with Crippen LogP contribution in [0.1, 0.15) is 47.0 Å². The van der Waals surface area contributed by atoms with E-state index in [1.165, 1.54) is 6.92 Å². The number of rotatable bonds is 8. The Bertz CT molecular complexity index is 397. The van der Waals surface area contributed by atoms with E-state index in [0.29, 0.717) is 6.42 Å². The highest BCUT2D eigenvalue weighted by Crippen LogP contribution is 2.13. The second-order valence-corrected chi connectivity index (χ2v) is 5.96. The van der Waals surface area contributed by atoms with Crippen LogP contribution in [0.25, 0.3) is 0 Å². The zero-order valence-corrected chi connectivity index (χ0v) is 13.1. The predicted molar refractivity (Wildman–Crippen MR) is 78.6 cm³/mol. The van der Waals surface area contributed by atoms with E-state index in [-0.39, 0.29) is 18.7 Å². The summed E-state index contributed by atoms with van der Waals surface area (Å²) in [5.74, 6) is -2.74. The Morgan fingerprint density at radius 3 is 2.33 bits per heavy atom. The third-order valence-corrected chi connectivity index (χ3v) is 2.61. The van der Waals surface area contributed by atoms with E-state index in [2.05, 4.69) is 11.9 Å². The molecule has 0 bridgehead atoms. The minimum Gasteiger partial charge on any atom is -0.481 e. The molecule has 2 N–H and O–H groups in total. The first-order chi connectivity index (χ1) is 9.56. The molecule has 0 aromatic rings. The molecule has 21 heavy (non-hydrogen) atoms. The van der Waals surface area contributed by atoms with Crippen LogP contribution < -0.4 is 5.32 Å². The average Bonchev–Trinajstić information content (AvgIpc) is 2.33. The van der Waals surface area contributed by atoms with Crippen LogP contribution in [-0.4, -0.2) is 34.6 Å². The van der Waals surface area contributed by atoms with Crippen LogP contribution in [0.2, 0.25) is 0 Å². The molecule has 120 valence electrons. The third-order valence-electron chi connectivity index (χ3n) is 2.61. The summed E-state index contributed by atoms with van der Waals surface area (Å²) in [4.78, 5) is 34.7. The van der Waals surface area contributed by atoms with Crippen molar-refractivity contribution in [1.82, 2.24) is 5.32 Å². The lowest BCUT2D eigenvalue weighted by Gasteiger charge is -2.25. The number of esters is 1. The lowest BCUT2D eigenvalue weighted by Crippen LogP contribution is -2.45. The number of hydrogen-bond donors (Lipinski definition) is 2. The van der Waals surface area contributed by atoms with Crippen LogP contribution in [-0.2, 0) is 19.1 Å². The van der Waals surface area contributed by atoms with E-state index < -0.39 is 29.5 Å². The Hall–Kier alpha value is -1.85. The lowest BCUT2D eigenvalue weighted by molar-refractivity contribution is -0.159. The maximum Gasteiger partial charge on any atom is 0.329 e. The molecule has 0 aromatic carbocycles. The molecule has 0 radical (unpaired) electrons. The number of hydrogen-bond acceptors (Lipinski definition) is 4. The first-order valence-corrected chi connectivity index (χ1v) is 6.92. The van der Waals surface area contributed by atoms with Gasteiger partial charge in [0.2, 0.25) is 5.91 Å². The van der Waals surface area contributed by atoms with Gasteiger partial charge in [-0.3, -0.25) is 9.59 Å². The van der Waals surface area contributed by atoms with Gasteiger partial charge in [-0.05, 0) is 33.6 Å². The van der Waals surface area contributed by atoms with Gasteiger partial charge >= 0.3 is 11.9 Å². The molecule has 0 aliphatic heterocycles. The van der Waals surface area contributed by atoms with Gasteiger partial charge < -0.3 is 15.2 Å². The van der Waals surface area contributed by atoms with Crippen molar-refractivity contribution in [2.24, 2.45) is 5.92 Å². The normalized spacial score (nSPS) is 13.9. The van der Waals surface area contributed by atoms with Crippen molar-refractivity contribution in [3.8, 4) is 0 Å². The van der Waals surface area contributed by atoms with Gasteiger partial charge in [0.25, 0.3) is 0 Å². The molecule has 0 spiro atoms. The fraction of sp³-hybridized carbons (Fsp3) is 0.667. The molecule has 1 amide bonds. The maximum atomic E-state index is 12.1. The van der Waals surface area contributed by atoms with E-state index in [1.807, 2.05) is 0 Å². The van der Waals surface area contributed by atoms with Crippen LogP contribution in [0.3, 0.4) is 0 Å². The van der Waals surface area contributed by atoms with E-state index in [4.69, 9.17) is 9.84 Å². The minimum atomic E-state index is -1.02. The molecule has 0 rings (SSSR count). The van der Waals surface area contributed by atoms with Crippen molar-refractivity contribution in [2.75, 3.05) is 0 Å². The quantitative estimate of drug-likeness (QED) is 0.527. The molecule has 0 fully saturated rings. The zero-order valence-electron chi connectivity index (χ0n) is 13.1. The number of amides is 1. The number of carbonyl (C=O) groups excluding carboxylic acids is 2. The summed E-state index contributed by atoms with van der Waals surface area (Å²) in [5.41, 5.74) is -0.701. The van der Waals surface area contributed by atoms with Crippen LogP contribution in [0.5, 0.6) is 0 Å². The SMILES string of the molecule is C=CCCC(=O)NC(CC(C)C(=O)O)C(=O)OC(C)(C)C. The van der Waals surface area contributed by atoms with Crippen LogP contribution in [0.4, 0.5) is 0 Å². The molecule has 6 heteroatoms. The first kappa shape index (κ1) is 19.1. The Kier molecular flexibility index (Phi) is 7.70. The summed E-state index contributed by atoms with van der Waals surface area (Å²) in [7, 11) is 0. The number of aliphatic carboxylic acids is 1. The van der Waals surface area contributed by atoms with Crippen LogP contribution >= 0.6 is 0 Å². The molecule has 2 atom stereocenters. The van der Waals surface area contributed by atoms with Crippen molar-refractivity contribution in [1.29, 1.82) is 0 Å². The highest BCUT2D eigenvalue weighted by molar-refractivity contribution is 5.85. The molecule has 0 saturated carbocycles. The number of allylic oxidation sites excluding steroid dienone is 1. The zero-order chi connectivity index (χ0) is 16.6. The molecule has 2 unspecified atom stereocenters. The average molecular weight is 299 g/mol. The van der Waals surface area contributed by atoms with Gasteiger partial charge in [-0.2, -0.15) is 0 Å². The molecule has 0 saturated heterocycles. The van der Waals surface area contributed by atoms with Crippen LogP contribution in [0, 0.1) is 5.92 Å². The topological polar surface area (TPSA) is 92.7 Å². The number of nitrogens with one attached hydrogen (secondary N) is 1. The van der Waals surface area contributed by atoms with E-state index in [0.717, 1.165) is 0 Å². The first-order valence-electron chi connectivity index (χ1n) is 6.92. The second-order valence-electron chi connectivity index (χ2n) is 5.96. The van der Waals surface area contributed by atoms with Gasteiger partial charge in [0.15, 0.2) is 0 Å². The van der Waals surface area contributed by atoms with E-state index >= 15 is 0 Å². The van der Waals surface area contributed by atoms with Gasteiger partial charge in [0, 0.05) is 6.42 Å². The smallest absolute Gasteiger partial charge is 0.329 e. The van der Waals surface area contributed by atoms with Crippen molar-refractivity contribution in [3.05, 3.63) is 12.7 Å².